The van der Waals surface area contributed by atoms with E-state index < -0.39 is 5.54 Å². The van der Waals surface area contributed by atoms with Crippen LogP contribution in [0.3, 0.4) is 0 Å². The smallest absolute Gasteiger partial charge is 0.0975 e. The van der Waals surface area contributed by atoms with Gasteiger partial charge < -0.3 is 5.11 Å². The number of aliphatic hydroxyl groups excluding tert-OH is 1. The van der Waals surface area contributed by atoms with Gasteiger partial charge in [-0.15, -0.1) is 0 Å². The lowest BCUT2D eigenvalue weighted by Crippen LogP contribution is -2.52. The van der Waals surface area contributed by atoms with Crippen LogP contribution in [0.2, 0.25) is 0 Å². The summed E-state index contributed by atoms with van der Waals surface area (Å²) in [6, 6.07) is 32.3. The molecular formula is C26H27NOS. The highest BCUT2D eigenvalue weighted by Gasteiger charge is 2.43. The Morgan fingerprint density at radius 2 is 1.28 bits per heavy atom. The zero-order valence-electron chi connectivity index (χ0n) is 16.5. The van der Waals surface area contributed by atoms with Crippen LogP contribution in [0.1, 0.15) is 23.1 Å². The van der Waals surface area contributed by atoms with Gasteiger partial charge in [0.15, 0.2) is 0 Å². The van der Waals surface area contributed by atoms with Gasteiger partial charge in [-0.05, 0) is 28.7 Å². The van der Waals surface area contributed by atoms with Gasteiger partial charge in [-0.2, -0.15) is 12.6 Å². The number of hydrogen-bond donors (Lipinski definition) is 2. The Balaban J connectivity index is 1.97. The van der Waals surface area contributed by atoms with E-state index in [0.717, 1.165) is 19.5 Å². The second-order valence-electron chi connectivity index (χ2n) is 7.50. The molecule has 1 aliphatic heterocycles. The van der Waals surface area contributed by atoms with Gasteiger partial charge >= 0.3 is 0 Å². The first kappa shape index (κ1) is 20.0. The highest BCUT2D eigenvalue weighted by molar-refractivity contribution is 7.81. The Hall–Kier alpha value is -2.33. The monoisotopic (exact) mass is 401 g/mol. The maximum Gasteiger partial charge on any atom is 0.0975 e. The predicted molar refractivity (Wildman–Crippen MR) is 123 cm³/mol. The van der Waals surface area contributed by atoms with E-state index in [-0.39, 0.29) is 11.9 Å². The van der Waals surface area contributed by atoms with Gasteiger partial charge in [0.2, 0.25) is 0 Å². The standard InChI is InChI=1S/C26H27NOS/c28-19-17-21-20-27(18-16-25(21)29)26(22-10-4-1-5-11-22,23-12-6-2-7-13-23)24-14-8-3-9-15-24/h1-15,17,25,28-29H,16,18-20H2/b21-17-. The lowest BCUT2D eigenvalue weighted by molar-refractivity contribution is 0.153. The van der Waals surface area contributed by atoms with Crippen molar-refractivity contribution in [1.29, 1.82) is 0 Å². The van der Waals surface area contributed by atoms with Gasteiger partial charge in [-0.1, -0.05) is 97.1 Å². The molecule has 1 atom stereocenters. The minimum atomic E-state index is -0.410. The molecule has 148 valence electrons. The molecule has 1 fully saturated rings. The fourth-order valence-electron chi connectivity index (χ4n) is 4.56. The summed E-state index contributed by atoms with van der Waals surface area (Å²) in [6.07, 6.45) is 2.87. The van der Waals surface area contributed by atoms with Crippen LogP contribution in [0.25, 0.3) is 0 Å². The predicted octanol–water partition coefficient (Wildman–Crippen LogP) is 4.90. The van der Waals surface area contributed by atoms with E-state index >= 15 is 0 Å². The summed E-state index contributed by atoms with van der Waals surface area (Å²) in [5, 5.41) is 9.74. The van der Waals surface area contributed by atoms with Crippen molar-refractivity contribution >= 4 is 12.6 Å². The second kappa shape index (κ2) is 9.00. The molecule has 0 aromatic heterocycles. The molecule has 0 radical (unpaired) electrons. The molecule has 0 saturated carbocycles. The third-order valence-electron chi connectivity index (χ3n) is 5.88. The summed E-state index contributed by atoms with van der Waals surface area (Å²) in [6.45, 7) is 1.75. The molecule has 1 heterocycles. The number of nitrogens with zero attached hydrogens (tertiary/aromatic N) is 1. The quantitative estimate of drug-likeness (QED) is 0.361. The van der Waals surface area contributed by atoms with Gasteiger partial charge in [-0.3, -0.25) is 4.90 Å². The third kappa shape index (κ3) is 3.78. The Morgan fingerprint density at radius 1 is 0.828 bits per heavy atom. The van der Waals surface area contributed by atoms with E-state index in [1.54, 1.807) is 0 Å². The highest BCUT2D eigenvalue weighted by Crippen LogP contribution is 2.44. The van der Waals surface area contributed by atoms with Crippen molar-refractivity contribution < 1.29 is 5.11 Å². The SMILES string of the molecule is OC/C=C1/CN(C(c2ccccc2)(c2ccccc2)c2ccccc2)CCC1S. The fourth-order valence-corrected chi connectivity index (χ4v) is 4.86. The van der Waals surface area contributed by atoms with E-state index in [1.807, 2.05) is 6.08 Å². The maximum atomic E-state index is 9.55. The Kier molecular flexibility index (Phi) is 6.19. The highest BCUT2D eigenvalue weighted by atomic mass is 32.1. The zero-order valence-corrected chi connectivity index (χ0v) is 17.4. The van der Waals surface area contributed by atoms with E-state index in [9.17, 15) is 5.11 Å². The summed E-state index contributed by atoms with van der Waals surface area (Å²) in [5.74, 6) is 0. The number of thiol groups is 1. The van der Waals surface area contributed by atoms with Crippen LogP contribution in [0.4, 0.5) is 0 Å². The first-order valence-electron chi connectivity index (χ1n) is 10.2. The lowest BCUT2D eigenvalue weighted by Gasteiger charge is -2.48. The van der Waals surface area contributed by atoms with Crippen molar-refractivity contribution in [2.24, 2.45) is 0 Å². The Labute approximate surface area is 178 Å². The van der Waals surface area contributed by atoms with Crippen molar-refractivity contribution in [3.63, 3.8) is 0 Å². The average Bonchev–Trinajstić information content (AvgIpc) is 2.79. The van der Waals surface area contributed by atoms with Crippen LogP contribution >= 0.6 is 12.6 Å². The van der Waals surface area contributed by atoms with Crippen LogP contribution in [-0.4, -0.2) is 35.0 Å². The molecule has 0 amide bonds. The van der Waals surface area contributed by atoms with Crippen LogP contribution in [0.15, 0.2) is 103 Å². The van der Waals surface area contributed by atoms with E-state index in [1.165, 1.54) is 22.3 Å². The van der Waals surface area contributed by atoms with Gasteiger partial charge in [0, 0.05) is 18.3 Å². The summed E-state index contributed by atoms with van der Waals surface area (Å²) in [5.41, 5.74) is 4.52. The number of likely N-dealkylation sites (tertiary alicyclic amines) is 1. The number of benzene rings is 3. The topological polar surface area (TPSA) is 23.5 Å². The Morgan fingerprint density at radius 3 is 1.69 bits per heavy atom. The molecule has 1 unspecified atom stereocenters. The normalized spacial score (nSPS) is 19.4. The van der Waals surface area contributed by atoms with Gasteiger partial charge in [-0.25, -0.2) is 0 Å². The van der Waals surface area contributed by atoms with Gasteiger partial charge in [0.05, 0.1) is 12.1 Å². The summed E-state index contributed by atoms with van der Waals surface area (Å²) >= 11 is 4.78. The molecule has 0 spiro atoms. The van der Waals surface area contributed by atoms with Gasteiger partial charge in [0.25, 0.3) is 0 Å². The molecule has 3 aromatic rings. The lowest BCUT2D eigenvalue weighted by atomic mass is 9.74. The van der Waals surface area contributed by atoms with Gasteiger partial charge in [0.1, 0.15) is 0 Å². The van der Waals surface area contributed by atoms with Crippen LogP contribution in [0, 0.1) is 0 Å². The molecule has 3 aromatic carbocycles. The van der Waals surface area contributed by atoms with Crippen molar-refractivity contribution in [2.45, 2.75) is 17.2 Å². The molecule has 29 heavy (non-hydrogen) atoms. The first-order valence-corrected chi connectivity index (χ1v) is 10.7. The maximum absolute atomic E-state index is 9.55. The van der Waals surface area contributed by atoms with E-state index in [0.29, 0.717) is 0 Å². The Bertz CT molecular complexity index is 844. The van der Waals surface area contributed by atoms with Crippen molar-refractivity contribution in [2.75, 3.05) is 19.7 Å². The van der Waals surface area contributed by atoms with Crippen molar-refractivity contribution in [3.8, 4) is 0 Å². The van der Waals surface area contributed by atoms with Crippen molar-refractivity contribution in [3.05, 3.63) is 119 Å². The van der Waals surface area contributed by atoms with Crippen LogP contribution < -0.4 is 0 Å². The molecule has 4 rings (SSSR count). The molecule has 3 heteroatoms. The molecule has 1 N–H and O–H groups in total. The third-order valence-corrected chi connectivity index (χ3v) is 6.47. The van der Waals surface area contributed by atoms with Crippen molar-refractivity contribution in [1.82, 2.24) is 4.90 Å². The largest absolute Gasteiger partial charge is 0.392 e. The summed E-state index contributed by atoms with van der Waals surface area (Å²) < 4.78 is 0. The summed E-state index contributed by atoms with van der Waals surface area (Å²) in [7, 11) is 0. The minimum Gasteiger partial charge on any atom is -0.392 e. The van der Waals surface area contributed by atoms with E-state index in [2.05, 4.69) is 95.9 Å². The molecular weight excluding hydrogens is 374 g/mol. The second-order valence-corrected chi connectivity index (χ2v) is 8.12. The molecule has 1 saturated heterocycles. The number of hydrogen-bond acceptors (Lipinski definition) is 3. The fraction of sp³-hybridized carbons (Fsp3) is 0.231. The molecule has 0 bridgehead atoms. The summed E-state index contributed by atoms with van der Waals surface area (Å²) in [4.78, 5) is 2.54. The zero-order chi connectivity index (χ0) is 20.1. The first-order chi connectivity index (χ1) is 14.3. The minimum absolute atomic E-state index is 0.0508. The molecule has 0 aliphatic carbocycles. The van der Waals surface area contributed by atoms with E-state index in [4.69, 9.17) is 12.6 Å². The number of piperidine rings is 1. The molecule has 1 aliphatic rings. The average molecular weight is 402 g/mol. The number of aliphatic hydroxyl groups is 1. The number of rotatable bonds is 5. The van der Waals surface area contributed by atoms with Crippen LogP contribution in [0.5, 0.6) is 0 Å². The van der Waals surface area contributed by atoms with Crippen LogP contribution in [-0.2, 0) is 5.54 Å². The molecule has 2 nitrogen and oxygen atoms in total.